The maximum Gasteiger partial charge on any atom is 0.0612 e. The van der Waals surface area contributed by atoms with Gasteiger partial charge in [0.05, 0.1) is 6.17 Å². The Morgan fingerprint density at radius 2 is 1.50 bits per heavy atom. The van der Waals surface area contributed by atoms with E-state index in [1.165, 1.54) is 0 Å². The van der Waals surface area contributed by atoms with Crippen molar-refractivity contribution in [3.63, 3.8) is 0 Å². The van der Waals surface area contributed by atoms with E-state index in [4.69, 9.17) is 0 Å². The van der Waals surface area contributed by atoms with Crippen LogP contribution in [-0.2, 0) is 0 Å². The summed E-state index contributed by atoms with van der Waals surface area (Å²) in [5.74, 6) is 0. The van der Waals surface area contributed by atoms with Crippen molar-refractivity contribution >= 4 is 0 Å². The summed E-state index contributed by atoms with van der Waals surface area (Å²) in [4.78, 5) is 4.43. The first kappa shape index (κ1) is 9.92. The van der Waals surface area contributed by atoms with Gasteiger partial charge in [-0.1, -0.05) is 13.3 Å². The Morgan fingerprint density at radius 3 is 1.60 bits per heavy atom. The first-order valence-electron chi connectivity index (χ1n) is 3.71. The molecular formula is C8H19N2. The van der Waals surface area contributed by atoms with Gasteiger partial charge in [-0.3, -0.25) is 9.80 Å². The summed E-state index contributed by atoms with van der Waals surface area (Å²) in [5.41, 5.74) is 0. The van der Waals surface area contributed by atoms with E-state index in [2.05, 4.69) is 44.9 Å². The van der Waals surface area contributed by atoms with Crippen LogP contribution in [0.2, 0.25) is 0 Å². The van der Waals surface area contributed by atoms with Crippen LogP contribution in [0.5, 0.6) is 0 Å². The first-order valence-corrected chi connectivity index (χ1v) is 3.71. The van der Waals surface area contributed by atoms with Gasteiger partial charge in [0.1, 0.15) is 0 Å². The number of nitrogens with zero attached hydrogens (tertiary/aromatic N) is 2. The number of hydrogen-bond acceptors (Lipinski definition) is 2. The van der Waals surface area contributed by atoms with Gasteiger partial charge in [0.25, 0.3) is 0 Å². The third kappa shape index (κ3) is 3.18. The van der Waals surface area contributed by atoms with Gasteiger partial charge in [0.2, 0.25) is 0 Å². The molecule has 2 nitrogen and oxygen atoms in total. The molecule has 0 saturated heterocycles. The van der Waals surface area contributed by atoms with Gasteiger partial charge in [-0.25, -0.2) is 0 Å². The molecule has 0 aliphatic heterocycles. The molecule has 0 aromatic rings. The van der Waals surface area contributed by atoms with E-state index in [1.54, 1.807) is 0 Å². The molecule has 0 rings (SSSR count). The highest BCUT2D eigenvalue weighted by atomic mass is 15.3. The van der Waals surface area contributed by atoms with Gasteiger partial charge < -0.3 is 0 Å². The Balaban J connectivity index is 3.73. The van der Waals surface area contributed by atoms with Crippen molar-refractivity contribution in [2.24, 2.45) is 0 Å². The average molecular weight is 143 g/mol. The highest BCUT2D eigenvalue weighted by Gasteiger charge is 2.10. The summed E-state index contributed by atoms with van der Waals surface area (Å²) in [6.07, 6.45) is 2.68. The second-order valence-corrected chi connectivity index (χ2v) is 3.05. The Hall–Kier alpha value is -0.0800. The van der Waals surface area contributed by atoms with Crippen molar-refractivity contribution in [2.45, 2.75) is 19.0 Å². The van der Waals surface area contributed by atoms with E-state index in [1.807, 2.05) is 0 Å². The fraction of sp³-hybridized carbons (Fsp3) is 0.875. The third-order valence-corrected chi connectivity index (χ3v) is 1.65. The topological polar surface area (TPSA) is 6.48 Å². The van der Waals surface area contributed by atoms with Crippen LogP contribution in [0.15, 0.2) is 0 Å². The predicted octanol–water partition coefficient (Wildman–Crippen LogP) is 1.05. The highest BCUT2D eigenvalue weighted by Crippen LogP contribution is 2.04. The van der Waals surface area contributed by atoms with Crippen LogP contribution >= 0.6 is 0 Å². The van der Waals surface area contributed by atoms with Crippen LogP contribution in [0.25, 0.3) is 0 Å². The monoisotopic (exact) mass is 143 g/mol. The van der Waals surface area contributed by atoms with Crippen molar-refractivity contribution in [2.75, 3.05) is 28.2 Å². The predicted molar refractivity (Wildman–Crippen MR) is 45.8 cm³/mol. The molecular weight excluding hydrogens is 124 g/mol. The molecule has 0 aromatic carbocycles. The Kier molecular flexibility index (Phi) is 4.65. The van der Waals surface area contributed by atoms with Crippen LogP contribution in [-0.4, -0.2) is 44.2 Å². The zero-order chi connectivity index (χ0) is 8.15. The van der Waals surface area contributed by atoms with Crippen LogP contribution in [0, 0.1) is 6.92 Å². The van der Waals surface area contributed by atoms with Gasteiger partial charge in [-0.2, -0.15) is 0 Å². The van der Waals surface area contributed by atoms with E-state index >= 15 is 0 Å². The molecule has 0 N–H and O–H groups in total. The lowest BCUT2D eigenvalue weighted by molar-refractivity contribution is 0.121. The van der Waals surface area contributed by atoms with Gasteiger partial charge >= 0.3 is 0 Å². The van der Waals surface area contributed by atoms with Crippen LogP contribution in [0.3, 0.4) is 0 Å². The summed E-state index contributed by atoms with van der Waals surface area (Å²) >= 11 is 0. The molecule has 0 spiro atoms. The molecule has 10 heavy (non-hydrogen) atoms. The van der Waals surface area contributed by atoms with E-state index in [-0.39, 0.29) is 0 Å². The van der Waals surface area contributed by atoms with Crippen LogP contribution in [0.4, 0.5) is 0 Å². The Labute approximate surface area is 64.8 Å². The van der Waals surface area contributed by atoms with Gasteiger partial charge in [0.15, 0.2) is 0 Å². The molecule has 0 aliphatic rings. The van der Waals surface area contributed by atoms with E-state index in [0.29, 0.717) is 6.17 Å². The first-order chi connectivity index (χ1) is 4.59. The average Bonchev–Trinajstić information content (AvgIpc) is 1.81. The molecule has 0 heterocycles. The van der Waals surface area contributed by atoms with Gasteiger partial charge in [0, 0.05) is 0 Å². The standard InChI is InChI=1S/C8H19N2/c1-6-7-8(9(2)3)10(4)5/h8H,1,6-7H2,2-5H3. The summed E-state index contributed by atoms with van der Waals surface area (Å²) in [6, 6.07) is 0. The molecule has 0 unspecified atom stereocenters. The van der Waals surface area contributed by atoms with Crippen molar-refractivity contribution in [1.29, 1.82) is 0 Å². The molecule has 2 heteroatoms. The van der Waals surface area contributed by atoms with Gasteiger partial charge in [-0.05, 0) is 34.6 Å². The summed E-state index contributed by atoms with van der Waals surface area (Å²) in [6.45, 7) is 3.84. The Bertz CT molecular complexity index is 71.3. The van der Waals surface area contributed by atoms with Crippen molar-refractivity contribution < 1.29 is 0 Å². The van der Waals surface area contributed by atoms with E-state index in [9.17, 15) is 0 Å². The van der Waals surface area contributed by atoms with Gasteiger partial charge in [-0.15, -0.1) is 0 Å². The van der Waals surface area contributed by atoms with E-state index < -0.39 is 0 Å². The molecule has 0 amide bonds. The maximum atomic E-state index is 3.84. The normalized spacial score (nSPS) is 12.0. The summed E-state index contributed by atoms with van der Waals surface area (Å²) in [7, 11) is 8.39. The maximum absolute atomic E-state index is 3.84. The second-order valence-electron chi connectivity index (χ2n) is 3.05. The molecule has 0 bridgehead atoms. The lowest BCUT2D eigenvalue weighted by Gasteiger charge is -2.30. The van der Waals surface area contributed by atoms with Crippen LogP contribution in [0.1, 0.15) is 12.8 Å². The second kappa shape index (κ2) is 4.69. The SMILES string of the molecule is [CH2]CCC(N(C)C)N(C)C. The number of hydrogen-bond donors (Lipinski definition) is 0. The third-order valence-electron chi connectivity index (χ3n) is 1.65. The van der Waals surface area contributed by atoms with Crippen molar-refractivity contribution in [1.82, 2.24) is 9.80 Å². The summed E-state index contributed by atoms with van der Waals surface area (Å²) < 4.78 is 0. The molecule has 0 aromatic heterocycles. The van der Waals surface area contributed by atoms with Crippen LogP contribution < -0.4 is 0 Å². The molecule has 0 aliphatic carbocycles. The minimum atomic E-state index is 0.539. The van der Waals surface area contributed by atoms with Crippen molar-refractivity contribution in [3.8, 4) is 0 Å². The quantitative estimate of drug-likeness (QED) is 0.543. The zero-order valence-corrected chi connectivity index (χ0v) is 7.59. The number of rotatable bonds is 4. The molecule has 61 valence electrons. The van der Waals surface area contributed by atoms with E-state index in [0.717, 1.165) is 12.8 Å². The Morgan fingerprint density at radius 1 is 1.10 bits per heavy atom. The minimum Gasteiger partial charge on any atom is -0.294 e. The zero-order valence-electron chi connectivity index (χ0n) is 7.59. The minimum absolute atomic E-state index is 0.539. The molecule has 0 atom stereocenters. The lowest BCUT2D eigenvalue weighted by atomic mass is 10.2. The fourth-order valence-corrected chi connectivity index (χ4v) is 1.16. The lowest BCUT2D eigenvalue weighted by Crippen LogP contribution is -2.40. The largest absolute Gasteiger partial charge is 0.294 e. The molecule has 0 fully saturated rings. The highest BCUT2D eigenvalue weighted by molar-refractivity contribution is 4.62. The smallest absolute Gasteiger partial charge is 0.0612 e. The molecule has 0 saturated carbocycles. The fourth-order valence-electron chi connectivity index (χ4n) is 1.16. The van der Waals surface area contributed by atoms with Crippen molar-refractivity contribution in [3.05, 3.63) is 6.92 Å². The molecule has 1 radical (unpaired) electrons. The summed E-state index contributed by atoms with van der Waals surface area (Å²) in [5, 5.41) is 0.